The smallest absolute Gasteiger partial charge is 0.475 e. The summed E-state index contributed by atoms with van der Waals surface area (Å²) in [6.45, 7) is 3.33. The molecule has 0 aromatic carbocycles. The van der Waals surface area contributed by atoms with Crippen molar-refractivity contribution in [3.63, 3.8) is 0 Å². The van der Waals surface area contributed by atoms with Crippen LogP contribution >= 0.6 is 11.3 Å². The molecule has 4 heterocycles. The number of hydrogen-bond acceptors (Lipinski definition) is 6. The molecular formula is C20H22F3N5O2S. The molecule has 0 spiro atoms. The van der Waals surface area contributed by atoms with E-state index in [1.807, 2.05) is 6.20 Å². The number of carboxylic acids is 1. The SMILES string of the molecule is O=C(O)C(F)(F)F.c1cc(CN2CCC(c3nnc4ncc(C5CC5)cn34)CC2)cs1. The van der Waals surface area contributed by atoms with Gasteiger partial charge in [0.2, 0.25) is 0 Å². The van der Waals surface area contributed by atoms with E-state index in [9.17, 15) is 13.2 Å². The predicted octanol–water partition coefficient (Wildman–Crippen LogP) is 4.08. The van der Waals surface area contributed by atoms with Crippen LogP contribution in [0.1, 0.15) is 54.5 Å². The number of hydrogen-bond donors (Lipinski definition) is 1. The highest BCUT2D eigenvalue weighted by molar-refractivity contribution is 7.07. The summed E-state index contributed by atoms with van der Waals surface area (Å²) in [6, 6.07) is 2.23. The molecule has 3 aromatic rings. The van der Waals surface area contributed by atoms with Gasteiger partial charge in [-0.2, -0.15) is 24.5 Å². The number of halogens is 3. The molecule has 11 heteroatoms. The van der Waals surface area contributed by atoms with Gasteiger partial charge in [-0.3, -0.25) is 9.30 Å². The van der Waals surface area contributed by atoms with Crippen LogP contribution in [0.25, 0.3) is 5.78 Å². The summed E-state index contributed by atoms with van der Waals surface area (Å²) < 4.78 is 33.9. The molecule has 166 valence electrons. The highest BCUT2D eigenvalue weighted by atomic mass is 32.1. The van der Waals surface area contributed by atoms with E-state index in [2.05, 4.69) is 47.5 Å². The van der Waals surface area contributed by atoms with Crippen molar-refractivity contribution in [3.8, 4) is 0 Å². The maximum absolute atomic E-state index is 10.6. The van der Waals surface area contributed by atoms with Gasteiger partial charge in [0, 0.05) is 24.9 Å². The molecule has 1 N–H and O–H groups in total. The largest absolute Gasteiger partial charge is 0.490 e. The number of thiophene rings is 1. The monoisotopic (exact) mass is 453 g/mol. The Bertz CT molecular complexity index is 1030. The first-order valence-corrected chi connectivity index (χ1v) is 11.0. The number of piperidine rings is 1. The normalized spacial score (nSPS) is 18.0. The van der Waals surface area contributed by atoms with Gasteiger partial charge in [-0.1, -0.05) is 0 Å². The average molecular weight is 453 g/mol. The predicted molar refractivity (Wildman–Crippen MR) is 108 cm³/mol. The molecular weight excluding hydrogens is 431 g/mol. The molecule has 1 aliphatic heterocycles. The van der Waals surface area contributed by atoms with Gasteiger partial charge in [0.05, 0.1) is 0 Å². The molecule has 3 aromatic heterocycles. The van der Waals surface area contributed by atoms with E-state index in [0.29, 0.717) is 11.8 Å². The number of rotatable bonds is 4. The lowest BCUT2D eigenvalue weighted by Gasteiger charge is -2.30. The zero-order chi connectivity index (χ0) is 22.0. The Kier molecular flexibility index (Phi) is 6.24. The number of carboxylic acid groups (broad SMARTS) is 1. The van der Waals surface area contributed by atoms with E-state index in [0.717, 1.165) is 44.1 Å². The van der Waals surface area contributed by atoms with E-state index >= 15 is 0 Å². The van der Waals surface area contributed by atoms with Gasteiger partial charge in [-0.15, -0.1) is 10.2 Å². The lowest BCUT2D eigenvalue weighted by molar-refractivity contribution is -0.192. The number of nitrogens with zero attached hydrogens (tertiary/aromatic N) is 5. The minimum atomic E-state index is -5.08. The molecule has 0 atom stereocenters. The summed E-state index contributed by atoms with van der Waals surface area (Å²) in [5.41, 5.74) is 2.78. The van der Waals surface area contributed by atoms with Crippen molar-refractivity contribution < 1.29 is 23.1 Å². The van der Waals surface area contributed by atoms with Gasteiger partial charge in [0.15, 0.2) is 0 Å². The van der Waals surface area contributed by atoms with Gasteiger partial charge in [-0.05, 0) is 72.6 Å². The average Bonchev–Trinajstić information content (AvgIpc) is 3.30. The van der Waals surface area contributed by atoms with Crippen LogP contribution in [0, 0.1) is 0 Å². The summed E-state index contributed by atoms with van der Waals surface area (Å²) in [6.07, 6.45) is 4.02. The molecule has 5 rings (SSSR count). The molecule has 31 heavy (non-hydrogen) atoms. The van der Waals surface area contributed by atoms with Crippen molar-refractivity contribution in [2.75, 3.05) is 13.1 Å². The van der Waals surface area contributed by atoms with Crippen LogP contribution in [0.15, 0.2) is 29.2 Å². The highest BCUT2D eigenvalue weighted by Gasteiger charge is 2.38. The fourth-order valence-corrected chi connectivity index (χ4v) is 4.38. The first-order valence-electron chi connectivity index (χ1n) is 10.1. The quantitative estimate of drug-likeness (QED) is 0.641. The van der Waals surface area contributed by atoms with E-state index in [4.69, 9.17) is 9.90 Å². The number of fused-ring (bicyclic) bond motifs is 1. The van der Waals surface area contributed by atoms with Crippen molar-refractivity contribution in [2.45, 2.75) is 50.2 Å². The number of aliphatic carboxylic acids is 1. The Morgan fingerprint density at radius 3 is 2.45 bits per heavy atom. The summed E-state index contributed by atoms with van der Waals surface area (Å²) in [7, 11) is 0. The molecule has 1 saturated carbocycles. The molecule has 7 nitrogen and oxygen atoms in total. The Labute approximate surface area is 180 Å². The highest BCUT2D eigenvalue weighted by Crippen LogP contribution is 2.40. The lowest BCUT2D eigenvalue weighted by atomic mass is 9.95. The van der Waals surface area contributed by atoms with Crippen molar-refractivity contribution in [3.05, 3.63) is 46.2 Å². The molecule has 2 fully saturated rings. The van der Waals surface area contributed by atoms with Crippen molar-refractivity contribution >= 4 is 23.1 Å². The van der Waals surface area contributed by atoms with E-state index in [-0.39, 0.29) is 0 Å². The van der Waals surface area contributed by atoms with Crippen molar-refractivity contribution in [1.82, 2.24) is 24.5 Å². The minimum absolute atomic E-state index is 0.495. The van der Waals surface area contributed by atoms with E-state index < -0.39 is 12.1 Å². The molecule has 0 unspecified atom stereocenters. The first-order chi connectivity index (χ1) is 14.8. The molecule has 0 amide bonds. The molecule has 2 aliphatic rings. The Balaban J connectivity index is 0.000000289. The maximum atomic E-state index is 10.6. The van der Waals surface area contributed by atoms with Crippen LogP contribution in [-0.4, -0.2) is 54.8 Å². The van der Waals surface area contributed by atoms with Gasteiger partial charge >= 0.3 is 12.1 Å². The van der Waals surface area contributed by atoms with E-state index in [1.165, 1.54) is 24.0 Å². The summed E-state index contributed by atoms with van der Waals surface area (Å²) in [5, 5.41) is 20.3. The zero-order valence-corrected chi connectivity index (χ0v) is 17.4. The second kappa shape index (κ2) is 8.91. The van der Waals surface area contributed by atoms with Crippen molar-refractivity contribution in [2.24, 2.45) is 0 Å². The summed E-state index contributed by atoms with van der Waals surface area (Å²) in [5.74, 6) is 0.303. The lowest BCUT2D eigenvalue weighted by Crippen LogP contribution is -2.32. The van der Waals surface area contributed by atoms with Crippen LogP contribution in [0.2, 0.25) is 0 Å². The summed E-state index contributed by atoms with van der Waals surface area (Å²) in [4.78, 5) is 15.9. The summed E-state index contributed by atoms with van der Waals surface area (Å²) >= 11 is 1.78. The minimum Gasteiger partial charge on any atom is -0.475 e. The Morgan fingerprint density at radius 2 is 1.87 bits per heavy atom. The second-order valence-corrected chi connectivity index (χ2v) is 8.65. The van der Waals surface area contributed by atoms with Gasteiger partial charge < -0.3 is 5.11 Å². The Morgan fingerprint density at radius 1 is 1.16 bits per heavy atom. The standard InChI is InChI=1S/C18H21N5S.C2HF3O2/c1-2-14(1)16-9-19-18-21-20-17(23(18)11-16)15-3-6-22(7-4-15)10-13-5-8-24-12-13;3-2(4,5)1(6)7/h5,8-9,11-12,14-15H,1-4,6-7,10H2;(H,6,7). The van der Waals surface area contributed by atoms with Gasteiger partial charge in [-0.25, -0.2) is 9.78 Å². The molecule has 0 bridgehead atoms. The van der Waals surface area contributed by atoms with Crippen molar-refractivity contribution in [1.29, 1.82) is 0 Å². The van der Waals surface area contributed by atoms with Crippen LogP contribution < -0.4 is 0 Å². The molecule has 0 radical (unpaired) electrons. The zero-order valence-electron chi connectivity index (χ0n) is 16.6. The second-order valence-electron chi connectivity index (χ2n) is 7.87. The number of likely N-dealkylation sites (tertiary alicyclic amines) is 1. The third-order valence-corrected chi connectivity index (χ3v) is 6.27. The van der Waals surface area contributed by atoms with Crippen LogP contribution in [0.4, 0.5) is 13.2 Å². The van der Waals surface area contributed by atoms with E-state index in [1.54, 1.807) is 11.3 Å². The first kappa shape index (κ1) is 21.7. The third-order valence-electron chi connectivity index (χ3n) is 5.54. The number of alkyl halides is 3. The van der Waals surface area contributed by atoms with Crippen LogP contribution in [0.5, 0.6) is 0 Å². The molecule has 1 saturated heterocycles. The third kappa shape index (κ3) is 5.40. The molecule has 1 aliphatic carbocycles. The van der Waals surface area contributed by atoms with Gasteiger partial charge in [0.1, 0.15) is 5.82 Å². The fourth-order valence-electron chi connectivity index (χ4n) is 3.72. The number of carbonyl (C=O) groups is 1. The number of aromatic nitrogens is 4. The topological polar surface area (TPSA) is 83.6 Å². The fraction of sp³-hybridized carbons (Fsp3) is 0.500. The van der Waals surface area contributed by atoms with Gasteiger partial charge in [0.25, 0.3) is 5.78 Å². The van der Waals surface area contributed by atoms with Crippen LogP contribution in [-0.2, 0) is 11.3 Å². The maximum Gasteiger partial charge on any atom is 0.490 e. The Hall–Kier alpha value is -2.53. The van der Waals surface area contributed by atoms with Crippen LogP contribution in [0.3, 0.4) is 0 Å².